The maximum Gasteiger partial charge on any atom is 0.387 e. The Morgan fingerprint density at radius 3 is 2.50 bits per heavy atom. The number of alkyl halides is 2. The van der Waals surface area contributed by atoms with Crippen molar-refractivity contribution in [3.8, 4) is 5.75 Å². The zero-order valence-corrected chi connectivity index (χ0v) is 9.51. The molecule has 0 aliphatic carbocycles. The summed E-state index contributed by atoms with van der Waals surface area (Å²) in [7, 11) is 0. The van der Waals surface area contributed by atoms with E-state index in [1.165, 1.54) is 13.0 Å². The highest BCUT2D eigenvalue weighted by atomic mass is 19.3. The highest BCUT2D eigenvalue weighted by Crippen LogP contribution is 2.26. The van der Waals surface area contributed by atoms with Crippen LogP contribution in [0.2, 0.25) is 0 Å². The highest BCUT2D eigenvalue weighted by Gasteiger charge is 2.13. The number of Topliss-reactive ketones (excluding diaryl/α,β-unsaturated/α-hetero) is 1. The van der Waals surface area contributed by atoms with E-state index in [1.807, 2.05) is 6.92 Å². The van der Waals surface area contributed by atoms with Crippen molar-refractivity contribution < 1.29 is 18.3 Å². The molecule has 0 saturated carbocycles. The molecule has 0 aliphatic rings. The smallest absolute Gasteiger partial charge is 0.387 e. The summed E-state index contributed by atoms with van der Waals surface area (Å²) in [5, 5.41) is 0. The lowest BCUT2D eigenvalue weighted by molar-refractivity contribution is -0.0503. The molecule has 0 bridgehead atoms. The quantitative estimate of drug-likeness (QED) is 0.738. The van der Waals surface area contributed by atoms with Crippen LogP contribution in [0.25, 0.3) is 0 Å². The summed E-state index contributed by atoms with van der Waals surface area (Å²) in [6.45, 7) is 2.14. The summed E-state index contributed by atoms with van der Waals surface area (Å²) in [5.41, 5.74) is 1.91. The van der Waals surface area contributed by atoms with Crippen molar-refractivity contribution in [1.29, 1.82) is 0 Å². The molecule has 88 valence electrons. The minimum atomic E-state index is -2.87. The van der Waals surface area contributed by atoms with E-state index in [4.69, 9.17) is 0 Å². The standard InChI is InChI=1S/C12H14F2O2/c1-4-9-5-10(8(3)15)6-11(7(9)2)16-12(13)14/h5-6,12H,4H2,1-3H3. The first-order valence-corrected chi connectivity index (χ1v) is 5.05. The van der Waals surface area contributed by atoms with Gasteiger partial charge < -0.3 is 4.74 Å². The Balaban J connectivity index is 3.24. The Morgan fingerprint density at radius 1 is 1.44 bits per heavy atom. The number of ether oxygens (including phenoxy) is 1. The molecular weight excluding hydrogens is 214 g/mol. The predicted molar refractivity (Wildman–Crippen MR) is 57.2 cm³/mol. The highest BCUT2D eigenvalue weighted by molar-refractivity contribution is 5.94. The number of carbonyl (C=O) groups excluding carboxylic acids is 1. The van der Waals surface area contributed by atoms with Crippen LogP contribution in [0.3, 0.4) is 0 Å². The van der Waals surface area contributed by atoms with Crippen molar-refractivity contribution in [2.45, 2.75) is 33.8 Å². The molecule has 0 atom stereocenters. The molecule has 0 N–H and O–H groups in total. The number of hydrogen-bond donors (Lipinski definition) is 0. The molecule has 0 fully saturated rings. The Hall–Kier alpha value is -1.45. The van der Waals surface area contributed by atoms with Crippen molar-refractivity contribution >= 4 is 5.78 Å². The van der Waals surface area contributed by atoms with Crippen LogP contribution in [0.5, 0.6) is 5.75 Å². The molecule has 0 aliphatic heterocycles. The second kappa shape index (κ2) is 5.05. The molecule has 0 aromatic heterocycles. The van der Waals surface area contributed by atoms with Gasteiger partial charge in [-0.2, -0.15) is 8.78 Å². The third kappa shape index (κ3) is 2.78. The maximum atomic E-state index is 12.2. The molecule has 1 rings (SSSR count). The van der Waals surface area contributed by atoms with Crippen LogP contribution in [-0.2, 0) is 6.42 Å². The van der Waals surface area contributed by atoms with Gasteiger partial charge in [-0.3, -0.25) is 4.79 Å². The average molecular weight is 228 g/mol. The van der Waals surface area contributed by atoms with E-state index in [9.17, 15) is 13.6 Å². The Labute approximate surface area is 93.2 Å². The second-order valence-electron chi connectivity index (χ2n) is 3.55. The molecule has 0 saturated heterocycles. The molecule has 0 radical (unpaired) electrons. The predicted octanol–water partition coefficient (Wildman–Crippen LogP) is 3.36. The lowest BCUT2D eigenvalue weighted by Gasteiger charge is -2.12. The van der Waals surface area contributed by atoms with E-state index in [2.05, 4.69) is 4.74 Å². The van der Waals surface area contributed by atoms with Crippen molar-refractivity contribution in [3.63, 3.8) is 0 Å². The molecule has 1 aromatic carbocycles. The van der Waals surface area contributed by atoms with E-state index >= 15 is 0 Å². The number of ketones is 1. The van der Waals surface area contributed by atoms with Gasteiger partial charge in [-0.25, -0.2) is 0 Å². The fraction of sp³-hybridized carbons (Fsp3) is 0.417. The number of benzene rings is 1. The molecule has 1 aromatic rings. The zero-order valence-electron chi connectivity index (χ0n) is 9.51. The lowest BCUT2D eigenvalue weighted by atomic mass is 10.00. The van der Waals surface area contributed by atoms with Gasteiger partial charge in [0.05, 0.1) is 0 Å². The van der Waals surface area contributed by atoms with Gasteiger partial charge in [0.2, 0.25) is 0 Å². The monoisotopic (exact) mass is 228 g/mol. The zero-order chi connectivity index (χ0) is 12.3. The van der Waals surface area contributed by atoms with Crippen molar-refractivity contribution in [3.05, 3.63) is 28.8 Å². The summed E-state index contributed by atoms with van der Waals surface area (Å²) < 4.78 is 28.7. The number of carbonyl (C=O) groups is 1. The molecule has 4 heteroatoms. The van der Waals surface area contributed by atoms with Gasteiger partial charge in [0.25, 0.3) is 0 Å². The molecule has 0 heterocycles. The van der Waals surface area contributed by atoms with Gasteiger partial charge in [0, 0.05) is 5.56 Å². The van der Waals surface area contributed by atoms with Gasteiger partial charge >= 0.3 is 6.61 Å². The Bertz CT molecular complexity index is 400. The summed E-state index contributed by atoms with van der Waals surface area (Å²) in [6, 6.07) is 3.08. The van der Waals surface area contributed by atoms with Crippen molar-refractivity contribution in [2.24, 2.45) is 0 Å². The van der Waals surface area contributed by atoms with E-state index < -0.39 is 6.61 Å². The fourth-order valence-electron chi connectivity index (χ4n) is 1.53. The van der Waals surface area contributed by atoms with Crippen LogP contribution in [0.1, 0.15) is 35.3 Å². The minimum Gasteiger partial charge on any atom is -0.435 e. The molecule has 16 heavy (non-hydrogen) atoms. The minimum absolute atomic E-state index is 0.0829. The van der Waals surface area contributed by atoms with Gasteiger partial charge in [-0.05, 0) is 43.5 Å². The van der Waals surface area contributed by atoms with Crippen LogP contribution < -0.4 is 4.74 Å². The van der Waals surface area contributed by atoms with Crippen molar-refractivity contribution in [1.82, 2.24) is 0 Å². The Kier molecular flexibility index (Phi) is 3.99. The lowest BCUT2D eigenvalue weighted by Crippen LogP contribution is -2.06. The summed E-state index contributed by atoms with van der Waals surface area (Å²) >= 11 is 0. The molecule has 0 amide bonds. The van der Waals surface area contributed by atoms with Gasteiger partial charge in [0.15, 0.2) is 5.78 Å². The normalized spacial score (nSPS) is 10.6. The van der Waals surface area contributed by atoms with Crippen LogP contribution in [0.15, 0.2) is 12.1 Å². The first-order valence-electron chi connectivity index (χ1n) is 5.05. The third-order valence-corrected chi connectivity index (χ3v) is 2.47. The first-order chi connectivity index (χ1) is 7.45. The number of rotatable bonds is 4. The van der Waals surface area contributed by atoms with Crippen LogP contribution in [-0.4, -0.2) is 12.4 Å². The van der Waals surface area contributed by atoms with Crippen LogP contribution in [0, 0.1) is 6.92 Å². The van der Waals surface area contributed by atoms with Crippen molar-refractivity contribution in [2.75, 3.05) is 0 Å². The van der Waals surface area contributed by atoms with Gasteiger partial charge in [-0.15, -0.1) is 0 Å². The summed E-state index contributed by atoms with van der Waals surface area (Å²) in [4.78, 5) is 11.2. The van der Waals surface area contributed by atoms with E-state index in [0.29, 0.717) is 17.5 Å². The van der Waals surface area contributed by atoms with E-state index in [1.54, 1.807) is 13.0 Å². The van der Waals surface area contributed by atoms with Gasteiger partial charge in [-0.1, -0.05) is 6.92 Å². The van der Waals surface area contributed by atoms with E-state index in [-0.39, 0.29) is 11.5 Å². The molecule has 2 nitrogen and oxygen atoms in total. The fourth-order valence-corrected chi connectivity index (χ4v) is 1.53. The second-order valence-corrected chi connectivity index (χ2v) is 3.55. The third-order valence-electron chi connectivity index (χ3n) is 2.47. The topological polar surface area (TPSA) is 26.3 Å². The first kappa shape index (κ1) is 12.6. The average Bonchev–Trinajstić information content (AvgIpc) is 2.20. The van der Waals surface area contributed by atoms with Gasteiger partial charge in [0.1, 0.15) is 5.75 Å². The molecule has 0 unspecified atom stereocenters. The van der Waals surface area contributed by atoms with Crippen LogP contribution >= 0.6 is 0 Å². The maximum absolute atomic E-state index is 12.2. The SMILES string of the molecule is CCc1cc(C(C)=O)cc(OC(F)F)c1C. The molecule has 0 spiro atoms. The summed E-state index contributed by atoms with van der Waals surface area (Å²) in [5.74, 6) is -0.0756. The largest absolute Gasteiger partial charge is 0.435 e. The number of aryl methyl sites for hydroxylation is 1. The number of halogens is 2. The van der Waals surface area contributed by atoms with Crippen LogP contribution in [0.4, 0.5) is 8.78 Å². The molecular formula is C12H14F2O2. The summed E-state index contributed by atoms with van der Waals surface area (Å²) in [6.07, 6.45) is 0.673. The Morgan fingerprint density at radius 2 is 2.06 bits per heavy atom. The van der Waals surface area contributed by atoms with E-state index in [0.717, 1.165) is 5.56 Å². The number of hydrogen-bond acceptors (Lipinski definition) is 2.